The molecule has 5 heterocycles. The lowest BCUT2D eigenvalue weighted by Crippen LogP contribution is -2.30. The number of rotatable bonds is 2. The quantitative estimate of drug-likeness (QED) is 0.487. The minimum absolute atomic E-state index is 0.0962. The summed E-state index contributed by atoms with van der Waals surface area (Å²) in [6.45, 7) is 1.56. The molecule has 4 aromatic rings. The van der Waals surface area contributed by atoms with Gasteiger partial charge in [0.15, 0.2) is 0 Å². The Kier molecular flexibility index (Phi) is 4.44. The average Bonchev–Trinajstić information content (AvgIpc) is 3.44. The molecule has 3 aromatic heterocycles. The maximum atomic E-state index is 15.3. The first kappa shape index (κ1) is 19.9. The van der Waals surface area contributed by atoms with Crippen molar-refractivity contribution in [1.29, 1.82) is 0 Å². The summed E-state index contributed by atoms with van der Waals surface area (Å²) in [6, 6.07) is 4.11. The monoisotopic (exact) mass is 449 g/mol. The number of amides is 1. The van der Waals surface area contributed by atoms with Gasteiger partial charge in [0.2, 0.25) is 5.56 Å². The number of aromatic nitrogens is 4. The van der Waals surface area contributed by atoms with Crippen molar-refractivity contribution in [3.63, 3.8) is 0 Å². The lowest BCUT2D eigenvalue weighted by molar-refractivity contribution is 0.0835. The van der Waals surface area contributed by atoms with Crippen molar-refractivity contribution in [3.05, 3.63) is 74.1 Å². The zero-order chi connectivity index (χ0) is 22.7. The number of carbonyl (C=O) groups is 1. The number of anilines is 1. The highest BCUT2D eigenvalue weighted by atomic mass is 19.1. The number of H-pyrrole nitrogens is 2. The van der Waals surface area contributed by atoms with Gasteiger partial charge < -0.3 is 19.6 Å². The Hall–Kier alpha value is -3.79. The first-order valence-electron chi connectivity index (χ1n) is 10.9. The first-order chi connectivity index (χ1) is 16.0. The van der Waals surface area contributed by atoms with E-state index in [2.05, 4.69) is 15.0 Å². The number of fused-ring (bicyclic) bond motifs is 4. The summed E-state index contributed by atoms with van der Waals surface area (Å²) in [5, 5.41) is 0. The van der Waals surface area contributed by atoms with Crippen molar-refractivity contribution >= 4 is 28.1 Å². The Morgan fingerprint density at radius 1 is 1.15 bits per heavy atom. The first-order valence-corrected chi connectivity index (χ1v) is 10.9. The average molecular weight is 449 g/mol. The highest BCUT2D eigenvalue weighted by Gasteiger charge is 2.29. The number of nitrogens with zero attached hydrogens (tertiary/aromatic N) is 3. The third-order valence-corrected chi connectivity index (χ3v) is 6.54. The van der Waals surface area contributed by atoms with Crippen LogP contribution in [-0.4, -0.2) is 45.0 Å². The molecular formula is C23H20FN5O4. The summed E-state index contributed by atoms with van der Waals surface area (Å²) in [5.41, 5.74) is 1.67. The number of halogens is 1. The molecule has 0 aliphatic carbocycles. The predicted molar refractivity (Wildman–Crippen MR) is 119 cm³/mol. The molecule has 1 aromatic carbocycles. The van der Waals surface area contributed by atoms with Crippen LogP contribution in [0.25, 0.3) is 16.6 Å². The van der Waals surface area contributed by atoms with E-state index in [4.69, 9.17) is 4.74 Å². The van der Waals surface area contributed by atoms with E-state index < -0.39 is 11.7 Å². The molecule has 1 fully saturated rings. The third-order valence-electron chi connectivity index (χ3n) is 6.54. The topological polar surface area (TPSA) is 113 Å². The molecule has 6 rings (SSSR count). The van der Waals surface area contributed by atoms with Crippen molar-refractivity contribution < 1.29 is 13.9 Å². The molecular weight excluding hydrogens is 429 g/mol. The molecule has 1 saturated heterocycles. The fourth-order valence-corrected chi connectivity index (χ4v) is 4.89. The molecule has 1 amide bonds. The molecule has 10 heteroatoms. The molecule has 2 aliphatic rings. The Morgan fingerprint density at radius 3 is 2.79 bits per heavy atom. The summed E-state index contributed by atoms with van der Waals surface area (Å²) in [7, 11) is 0. The summed E-state index contributed by atoms with van der Waals surface area (Å²) in [4.78, 5) is 48.8. The molecule has 33 heavy (non-hydrogen) atoms. The van der Waals surface area contributed by atoms with Crippen LogP contribution >= 0.6 is 0 Å². The number of carbonyl (C=O) groups excluding carboxylic acids is 1. The van der Waals surface area contributed by atoms with Gasteiger partial charge in [-0.3, -0.25) is 18.8 Å². The van der Waals surface area contributed by atoms with Crippen molar-refractivity contribution in [2.24, 2.45) is 0 Å². The number of hydrogen-bond donors (Lipinski definition) is 2. The van der Waals surface area contributed by atoms with Crippen molar-refractivity contribution in [1.82, 2.24) is 19.4 Å². The Labute approximate surface area is 185 Å². The summed E-state index contributed by atoms with van der Waals surface area (Å²) in [6.07, 6.45) is 5.02. The van der Waals surface area contributed by atoms with Gasteiger partial charge in [0, 0.05) is 44.0 Å². The van der Waals surface area contributed by atoms with Crippen LogP contribution in [0.1, 0.15) is 40.5 Å². The second kappa shape index (κ2) is 7.38. The summed E-state index contributed by atoms with van der Waals surface area (Å²) < 4.78 is 22.4. The number of aromatic amines is 2. The van der Waals surface area contributed by atoms with Gasteiger partial charge in [-0.15, -0.1) is 0 Å². The van der Waals surface area contributed by atoms with Crippen LogP contribution in [0, 0.1) is 5.82 Å². The largest absolute Gasteiger partial charge is 0.381 e. The third kappa shape index (κ3) is 3.09. The van der Waals surface area contributed by atoms with E-state index in [0.29, 0.717) is 54.2 Å². The standard InChI is InChI=1S/C23H20FN5O4/c24-15-9-17-16(8-14(15)23(32)28-4-1-13-7-20(30)25-10-18(13)28)27-22(31)19-11-26-21(29(17)19)12-2-5-33-6-3-12/h7-12H,1-6H2,(H,25,30)(H,27,31). The normalized spacial score (nSPS) is 16.6. The number of hydrogen-bond acceptors (Lipinski definition) is 5. The van der Waals surface area contributed by atoms with Gasteiger partial charge in [-0.05, 0) is 30.9 Å². The van der Waals surface area contributed by atoms with Gasteiger partial charge in [-0.2, -0.15) is 0 Å². The van der Waals surface area contributed by atoms with Crippen LogP contribution in [0.4, 0.5) is 10.1 Å². The molecule has 0 saturated carbocycles. The maximum absolute atomic E-state index is 15.3. The van der Waals surface area contributed by atoms with Gasteiger partial charge in [0.05, 0.1) is 28.5 Å². The van der Waals surface area contributed by atoms with E-state index in [1.54, 1.807) is 4.40 Å². The molecule has 2 N–H and O–H groups in total. The minimum atomic E-state index is -0.689. The predicted octanol–water partition coefficient (Wildman–Crippen LogP) is 2.10. The summed E-state index contributed by atoms with van der Waals surface area (Å²) in [5.74, 6) is -0.430. The van der Waals surface area contributed by atoms with Gasteiger partial charge in [-0.1, -0.05) is 0 Å². The number of ether oxygens (including phenoxy) is 1. The zero-order valence-corrected chi connectivity index (χ0v) is 17.6. The van der Waals surface area contributed by atoms with Crippen LogP contribution in [-0.2, 0) is 11.2 Å². The second-order valence-corrected chi connectivity index (χ2v) is 8.44. The van der Waals surface area contributed by atoms with Gasteiger partial charge in [-0.25, -0.2) is 9.37 Å². The molecule has 0 unspecified atom stereocenters. The molecule has 2 aliphatic heterocycles. The Bertz CT molecular complexity index is 1550. The smallest absolute Gasteiger partial charge is 0.274 e. The van der Waals surface area contributed by atoms with E-state index in [1.165, 1.54) is 35.5 Å². The van der Waals surface area contributed by atoms with E-state index in [1.807, 2.05) is 0 Å². The number of nitrogens with one attached hydrogen (secondary N) is 2. The van der Waals surface area contributed by atoms with Crippen molar-refractivity contribution in [2.45, 2.75) is 25.2 Å². The van der Waals surface area contributed by atoms with Crippen molar-refractivity contribution in [2.75, 3.05) is 24.7 Å². The zero-order valence-electron chi connectivity index (χ0n) is 17.6. The van der Waals surface area contributed by atoms with Crippen LogP contribution in [0.2, 0.25) is 0 Å². The van der Waals surface area contributed by atoms with E-state index in [9.17, 15) is 14.4 Å². The molecule has 0 bridgehead atoms. The number of pyridine rings is 1. The summed E-state index contributed by atoms with van der Waals surface area (Å²) >= 11 is 0. The molecule has 0 radical (unpaired) electrons. The highest BCUT2D eigenvalue weighted by Crippen LogP contribution is 2.31. The van der Waals surface area contributed by atoms with Crippen LogP contribution in [0.3, 0.4) is 0 Å². The Morgan fingerprint density at radius 2 is 1.97 bits per heavy atom. The van der Waals surface area contributed by atoms with Gasteiger partial charge >= 0.3 is 0 Å². The van der Waals surface area contributed by atoms with Gasteiger partial charge in [0.1, 0.15) is 17.2 Å². The highest BCUT2D eigenvalue weighted by molar-refractivity contribution is 6.08. The second-order valence-electron chi connectivity index (χ2n) is 8.44. The fourth-order valence-electron chi connectivity index (χ4n) is 4.89. The van der Waals surface area contributed by atoms with Crippen LogP contribution in [0.15, 0.2) is 40.2 Å². The lowest BCUT2D eigenvalue weighted by Gasteiger charge is -2.21. The van der Waals surface area contributed by atoms with E-state index in [-0.39, 0.29) is 22.6 Å². The molecule has 9 nitrogen and oxygen atoms in total. The lowest BCUT2D eigenvalue weighted by atomic mass is 9.99. The van der Waals surface area contributed by atoms with Crippen LogP contribution in [0.5, 0.6) is 0 Å². The Balaban J connectivity index is 1.48. The van der Waals surface area contributed by atoms with Gasteiger partial charge in [0.25, 0.3) is 11.5 Å². The molecule has 0 spiro atoms. The van der Waals surface area contributed by atoms with E-state index in [0.717, 1.165) is 18.4 Å². The molecule has 168 valence electrons. The van der Waals surface area contributed by atoms with E-state index >= 15 is 4.39 Å². The SMILES string of the molecule is O=C(c1cc2[nH]c(=O)c3cnc(C4CCOCC4)n3c2cc1F)N1CCc2cc(=O)[nH]cc21. The molecule has 0 atom stereocenters. The minimum Gasteiger partial charge on any atom is -0.381 e. The number of imidazole rings is 1. The number of benzene rings is 1. The maximum Gasteiger partial charge on any atom is 0.274 e. The van der Waals surface area contributed by atoms with Crippen LogP contribution < -0.4 is 16.0 Å². The van der Waals surface area contributed by atoms with Crippen molar-refractivity contribution in [3.8, 4) is 0 Å². The fraction of sp³-hybridized carbons (Fsp3) is 0.304.